The summed E-state index contributed by atoms with van der Waals surface area (Å²) in [6, 6.07) is 10.6. The van der Waals surface area contributed by atoms with Crippen molar-refractivity contribution in [1.82, 2.24) is 5.32 Å². The van der Waals surface area contributed by atoms with Gasteiger partial charge in [0.15, 0.2) is 16.7 Å². The van der Waals surface area contributed by atoms with Crippen LogP contribution in [0, 0.1) is 0 Å². The molecule has 5 nitrogen and oxygen atoms in total. The number of rotatable bonds is 4. The molecule has 0 aliphatic carbocycles. The first-order chi connectivity index (χ1) is 12.5. The van der Waals surface area contributed by atoms with E-state index in [0.717, 1.165) is 5.56 Å². The summed E-state index contributed by atoms with van der Waals surface area (Å²) in [5.41, 5.74) is 1.30. The summed E-state index contributed by atoms with van der Waals surface area (Å²) in [5, 5.41) is 3.90. The predicted octanol–water partition coefficient (Wildman–Crippen LogP) is 4.90. The van der Waals surface area contributed by atoms with Crippen molar-refractivity contribution in [1.29, 1.82) is 0 Å². The zero-order valence-electron chi connectivity index (χ0n) is 13.9. The van der Waals surface area contributed by atoms with Crippen LogP contribution in [0.15, 0.2) is 46.3 Å². The molecule has 0 atom stereocenters. The van der Waals surface area contributed by atoms with Crippen molar-refractivity contribution in [3.63, 3.8) is 0 Å². The Morgan fingerprint density at radius 1 is 1.12 bits per heavy atom. The SMILES string of the molecule is COc1ccc(C=C2SC(=Nc3cccc(Cl)c3Cl)NC2=O)cc1OC. The highest BCUT2D eigenvalue weighted by Gasteiger charge is 2.24. The molecule has 1 aliphatic rings. The van der Waals surface area contributed by atoms with Crippen LogP contribution in [-0.2, 0) is 4.79 Å². The number of carbonyl (C=O) groups excluding carboxylic acids is 1. The molecule has 1 amide bonds. The van der Waals surface area contributed by atoms with Crippen LogP contribution in [0.2, 0.25) is 10.0 Å². The van der Waals surface area contributed by atoms with Gasteiger partial charge in [-0.05, 0) is 47.7 Å². The average molecular weight is 409 g/mol. The molecular formula is C18H14Cl2N2O3S. The van der Waals surface area contributed by atoms with Crippen molar-refractivity contribution in [2.75, 3.05) is 14.2 Å². The molecule has 8 heteroatoms. The molecule has 1 aliphatic heterocycles. The first-order valence-corrected chi connectivity index (χ1v) is 9.04. The highest BCUT2D eigenvalue weighted by atomic mass is 35.5. The molecule has 1 heterocycles. The Morgan fingerprint density at radius 2 is 1.88 bits per heavy atom. The third kappa shape index (κ3) is 3.98. The van der Waals surface area contributed by atoms with Crippen LogP contribution in [0.1, 0.15) is 5.56 Å². The second kappa shape index (κ2) is 8.03. The summed E-state index contributed by atoms with van der Waals surface area (Å²) in [5.74, 6) is 0.975. The number of aliphatic imine (C=N–C) groups is 1. The Balaban J connectivity index is 1.87. The Morgan fingerprint density at radius 3 is 2.62 bits per heavy atom. The van der Waals surface area contributed by atoms with E-state index < -0.39 is 0 Å². The molecule has 26 heavy (non-hydrogen) atoms. The molecule has 0 bridgehead atoms. The zero-order chi connectivity index (χ0) is 18.7. The molecular weight excluding hydrogens is 395 g/mol. The molecule has 0 unspecified atom stereocenters. The minimum atomic E-state index is -0.235. The van der Waals surface area contributed by atoms with E-state index in [1.807, 2.05) is 6.07 Å². The van der Waals surface area contributed by atoms with E-state index in [-0.39, 0.29) is 5.91 Å². The quantitative estimate of drug-likeness (QED) is 0.730. The summed E-state index contributed by atoms with van der Waals surface area (Å²) in [7, 11) is 3.13. The van der Waals surface area contributed by atoms with Gasteiger partial charge in [0, 0.05) is 0 Å². The standard InChI is InChI=1S/C18H14Cl2N2O3S/c1-24-13-7-6-10(8-14(13)25-2)9-15-17(23)22-18(26-15)21-12-5-3-4-11(19)16(12)20/h3-9H,1-2H3,(H,21,22,23). The lowest BCUT2D eigenvalue weighted by Crippen LogP contribution is -2.19. The van der Waals surface area contributed by atoms with Gasteiger partial charge in [0.25, 0.3) is 5.91 Å². The molecule has 0 spiro atoms. The topological polar surface area (TPSA) is 59.9 Å². The number of benzene rings is 2. The van der Waals surface area contributed by atoms with Gasteiger partial charge in [-0.3, -0.25) is 4.79 Å². The third-order valence-corrected chi connectivity index (χ3v) is 5.23. The van der Waals surface area contributed by atoms with Crippen LogP contribution in [0.25, 0.3) is 6.08 Å². The molecule has 134 valence electrons. The number of nitrogens with zero attached hydrogens (tertiary/aromatic N) is 1. The largest absolute Gasteiger partial charge is 0.493 e. The lowest BCUT2D eigenvalue weighted by molar-refractivity contribution is -0.115. The van der Waals surface area contributed by atoms with Crippen LogP contribution >= 0.6 is 35.0 Å². The van der Waals surface area contributed by atoms with Crippen molar-refractivity contribution < 1.29 is 14.3 Å². The van der Waals surface area contributed by atoms with Crippen LogP contribution in [0.4, 0.5) is 5.69 Å². The van der Waals surface area contributed by atoms with Crippen molar-refractivity contribution in [2.24, 2.45) is 4.99 Å². The Kier molecular flexibility index (Phi) is 5.76. The maximum Gasteiger partial charge on any atom is 0.264 e. The maximum atomic E-state index is 12.2. The number of carbonyl (C=O) groups is 1. The Hall–Kier alpha value is -2.15. The molecule has 3 rings (SSSR count). The number of hydrogen-bond acceptors (Lipinski definition) is 5. The van der Waals surface area contributed by atoms with Gasteiger partial charge in [-0.25, -0.2) is 4.99 Å². The van der Waals surface area contributed by atoms with Gasteiger partial charge in [0.2, 0.25) is 0 Å². The molecule has 1 fully saturated rings. The number of ether oxygens (including phenoxy) is 2. The molecule has 2 aromatic carbocycles. The van der Waals surface area contributed by atoms with E-state index in [0.29, 0.717) is 37.3 Å². The zero-order valence-corrected chi connectivity index (χ0v) is 16.2. The fourth-order valence-electron chi connectivity index (χ4n) is 2.26. The number of thioether (sulfide) groups is 1. The highest BCUT2D eigenvalue weighted by molar-refractivity contribution is 8.18. The van der Waals surface area contributed by atoms with E-state index in [1.54, 1.807) is 50.6 Å². The van der Waals surface area contributed by atoms with Gasteiger partial charge in [0.1, 0.15) is 0 Å². The highest BCUT2D eigenvalue weighted by Crippen LogP contribution is 2.35. The smallest absolute Gasteiger partial charge is 0.264 e. The molecule has 2 aromatic rings. The third-order valence-electron chi connectivity index (χ3n) is 3.51. The normalized spacial score (nSPS) is 16.8. The summed E-state index contributed by atoms with van der Waals surface area (Å²) in [4.78, 5) is 17.1. The minimum absolute atomic E-state index is 0.235. The Labute approximate surface area is 165 Å². The first-order valence-electron chi connectivity index (χ1n) is 7.47. The number of amidine groups is 1. The van der Waals surface area contributed by atoms with E-state index >= 15 is 0 Å². The van der Waals surface area contributed by atoms with Gasteiger partial charge in [0.05, 0.1) is 34.9 Å². The fourth-order valence-corrected chi connectivity index (χ4v) is 3.44. The molecule has 1 saturated heterocycles. The number of halogens is 2. The van der Waals surface area contributed by atoms with Crippen molar-refractivity contribution >= 4 is 57.8 Å². The summed E-state index contributed by atoms with van der Waals surface area (Å²) in [6.07, 6.45) is 1.75. The lowest BCUT2D eigenvalue weighted by Gasteiger charge is -2.07. The van der Waals surface area contributed by atoms with Gasteiger partial charge in [-0.1, -0.05) is 35.3 Å². The Bertz CT molecular complexity index is 929. The van der Waals surface area contributed by atoms with Gasteiger partial charge >= 0.3 is 0 Å². The number of hydrogen-bond donors (Lipinski definition) is 1. The average Bonchev–Trinajstić information content (AvgIpc) is 2.98. The maximum absolute atomic E-state index is 12.2. The van der Waals surface area contributed by atoms with Gasteiger partial charge in [-0.2, -0.15) is 0 Å². The molecule has 1 N–H and O–H groups in total. The number of methoxy groups -OCH3 is 2. The van der Waals surface area contributed by atoms with Crippen molar-refractivity contribution in [3.05, 3.63) is 56.9 Å². The van der Waals surface area contributed by atoms with Crippen molar-refractivity contribution in [2.45, 2.75) is 0 Å². The summed E-state index contributed by atoms with van der Waals surface area (Å²) in [6.45, 7) is 0. The van der Waals surface area contributed by atoms with Crippen LogP contribution in [-0.4, -0.2) is 25.3 Å². The molecule has 0 saturated carbocycles. The van der Waals surface area contributed by atoms with Crippen LogP contribution < -0.4 is 14.8 Å². The number of amides is 1. The lowest BCUT2D eigenvalue weighted by atomic mass is 10.2. The predicted molar refractivity (Wildman–Crippen MR) is 107 cm³/mol. The van der Waals surface area contributed by atoms with Crippen LogP contribution in [0.3, 0.4) is 0 Å². The van der Waals surface area contributed by atoms with E-state index in [4.69, 9.17) is 32.7 Å². The summed E-state index contributed by atoms with van der Waals surface area (Å²) < 4.78 is 10.5. The van der Waals surface area contributed by atoms with Crippen LogP contribution in [0.5, 0.6) is 11.5 Å². The number of nitrogens with one attached hydrogen (secondary N) is 1. The molecule has 0 radical (unpaired) electrons. The minimum Gasteiger partial charge on any atom is -0.493 e. The molecule has 0 aromatic heterocycles. The van der Waals surface area contributed by atoms with Crippen molar-refractivity contribution in [3.8, 4) is 11.5 Å². The van der Waals surface area contributed by atoms with E-state index in [9.17, 15) is 4.79 Å². The van der Waals surface area contributed by atoms with Gasteiger partial charge < -0.3 is 14.8 Å². The van der Waals surface area contributed by atoms with Gasteiger partial charge in [-0.15, -0.1) is 0 Å². The summed E-state index contributed by atoms with van der Waals surface area (Å²) >= 11 is 13.3. The van der Waals surface area contributed by atoms with E-state index in [1.165, 1.54) is 11.8 Å². The monoisotopic (exact) mass is 408 g/mol. The second-order valence-electron chi connectivity index (χ2n) is 5.17. The second-order valence-corrected chi connectivity index (χ2v) is 6.98. The fraction of sp³-hybridized carbons (Fsp3) is 0.111. The van der Waals surface area contributed by atoms with E-state index in [2.05, 4.69) is 10.3 Å². The first kappa shape index (κ1) is 18.6.